The number of aromatic nitrogens is 2. The minimum absolute atomic E-state index is 0.228. The van der Waals surface area contributed by atoms with E-state index in [-0.39, 0.29) is 11.4 Å². The van der Waals surface area contributed by atoms with E-state index in [9.17, 15) is 4.79 Å². The van der Waals surface area contributed by atoms with Gasteiger partial charge in [-0.1, -0.05) is 46.8 Å². The number of esters is 1. The van der Waals surface area contributed by atoms with Crippen molar-refractivity contribution in [3.63, 3.8) is 0 Å². The Morgan fingerprint density at radius 2 is 1.89 bits per heavy atom. The number of nitrogens with zero attached hydrogens (tertiary/aromatic N) is 2. The summed E-state index contributed by atoms with van der Waals surface area (Å²) in [5.74, 6) is 2.53. The van der Waals surface area contributed by atoms with Gasteiger partial charge < -0.3 is 19.4 Å². The second-order valence-corrected chi connectivity index (χ2v) is 11.5. The molecule has 0 bridgehead atoms. The summed E-state index contributed by atoms with van der Waals surface area (Å²) in [6, 6.07) is 13.1. The van der Waals surface area contributed by atoms with E-state index >= 15 is 0 Å². The smallest absolute Gasteiger partial charge is 0.305 e. The second kappa shape index (κ2) is 10.5. The van der Waals surface area contributed by atoms with Crippen molar-refractivity contribution in [3.05, 3.63) is 47.5 Å². The summed E-state index contributed by atoms with van der Waals surface area (Å²) in [4.78, 5) is 16.9. The average Bonchev–Trinajstić information content (AvgIpc) is 3.17. The van der Waals surface area contributed by atoms with Crippen LogP contribution in [0.5, 0.6) is 5.75 Å². The minimum atomic E-state index is -0.228. The van der Waals surface area contributed by atoms with Crippen LogP contribution in [0.25, 0.3) is 11.0 Å². The first-order valence-corrected chi connectivity index (χ1v) is 13.1. The van der Waals surface area contributed by atoms with E-state index < -0.39 is 0 Å². The zero-order valence-electron chi connectivity index (χ0n) is 22.9. The molecule has 2 atom stereocenters. The van der Waals surface area contributed by atoms with Crippen molar-refractivity contribution < 1.29 is 14.3 Å². The van der Waals surface area contributed by atoms with Crippen LogP contribution in [0, 0.1) is 11.3 Å². The molecular weight excluding hydrogens is 450 g/mol. The molecule has 1 saturated carbocycles. The van der Waals surface area contributed by atoms with Crippen molar-refractivity contribution in [1.82, 2.24) is 9.55 Å². The van der Waals surface area contributed by atoms with E-state index in [2.05, 4.69) is 80.9 Å². The average molecular weight is 492 g/mol. The van der Waals surface area contributed by atoms with Crippen LogP contribution in [0.4, 0.5) is 11.6 Å². The topological polar surface area (TPSA) is 65.4 Å². The molecule has 6 nitrogen and oxygen atoms in total. The minimum Gasteiger partial charge on any atom is -0.496 e. The molecule has 0 amide bonds. The third-order valence-electron chi connectivity index (χ3n) is 7.48. The maximum absolute atomic E-state index is 11.8. The summed E-state index contributed by atoms with van der Waals surface area (Å²) in [5.41, 5.74) is 5.54. The Morgan fingerprint density at radius 1 is 1.17 bits per heavy atom. The van der Waals surface area contributed by atoms with Gasteiger partial charge in [-0.15, -0.1) is 0 Å². The number of rotatable bonds is 8. The molecule has 1 aliphatic carbocycles. The number of carbonyl (C=O) groups is 1. The number of methoxy groups -OCH3 is 2. The van der Waals surface area contributed by atoms with Crippen LogP contribution >= 0.6 is 0 Å². The van der Waals surface area contributed by atoms with Gasteiger partial charge in [0.1, 0.15) is 5.75 Å². The third-order valence-corrected chi connectivity index (χ3v) is 7.48. The zero-order chi connectivity index (χ0) is 26.0. The fraction of sp³-hybridized carbons (Fsp3) is 0.533. The third kappa shape index (κ3) is 5.69. The molecule has 36 heavy (non-hydrogen) atoms. The molecular formula is C30H41N3O3. The number of hydrogen-bond donors (Lipinski definition) is 1. The van der Waals surface area contributed by atoms with Gasteiger partial charge in [0.05, 0.1) is 25.3 Å². The number of benzene rings is 2. The molecule has 3 aromatic rings. The molecule has 1 fully saturated rings. The summed E-state index contributed by atoms with van der Waals surface area (Å²) in [6.07, 6.45) is 4.29. The lowest BCUT2D eigenvalue weighted by atomic mass is 9.70. The molecule has 0 spiro atoms. The molecule has 1 aliphatic rings. The molecule has 0 unspecified atom stereocenters. The van der Waals surface area contributed by atoms with Crippen LogP contribution in [0.2, 0.25) is 0 Å². The van der Waals surface area contributed by atoms with Gasteiger partial charge in [-0.2, -0.15) is 0 Å². The summed E-state index contributed by atoms with van der Waals surface area (Å²) in [6.45, 7) is 11.5. The van der Waals surface area contributed by atoms with Crippen LogP contribution in [-0.2, 0) is 16.0 Å². The summed E-state index contributed by atoms with van der Waals surface area (Å²) < 4.78 is 13.0. The number of anilines is 2. The van der Waals surface area contributed by atoms with E-state index in [1.165, 1.54) is 19.1 Å². The van der Waals surface area contributed by atoms with Gasteiger partial charge in [0.2, 0.25) is 5.95 Å². The molecule has 0 aliphatic heterocycles. The predicted octanol–water partition coefficient (Wildman–Crippen LogP) is 7.40. The number of nitrogens with one attached hydrogen (secondary N) is 1. The SMILES string of the molecule is COC(=O)CCc1cc2nc(Nc3ccc(C(C)C)cc3)n([C@@H]3C[C@@H](C)CC(C)(C)C3)c2cc1OC. The lowest BCUT2D eigenvalue weighted by Gasteiger charge is -2.40. The second-order valence-electron chi connectivity index (χ2n) is 11.5. The van der Waals surface area contributed by atoms with Gasteiger partial charge in [0.15, 0.2) is 0 Å². The Kier molecular flexibility index (Phi) is 7.62. The Labute approximate surface area is 215 Å². The number of aryl methyl sites for hydroxylation is 1. The predicted molar refractivity (Wildman–Crippen MR) is 146 cm³/mol. The van der Waals surface area contributed by atoms with Crippen LogP contribution in [0.15, 0.2) is 36.4 Å². The van der Waals surface area contributed by atoms with Crippen molar-refractivity contribution in [2.24, 2.45) is 11.3 Å². The monoisotopic (exact) mass is 491 g/mol. The number of carbonyl (C=O) groups excluding carboxylic acids is 1. The quantitative estimate of drug-likeness (QED) is 0.332. The van der Waals surface area contributed by atoms with Gasteiger partial charge in [0, 0.05) is 24.2 Å². The lowest BCUT2D eigenvalue weighted by molar-refractivity contribution is -0.140. The van der Waals surface area contributed by atoms with Crippen molar-refractivity contribution >= 4 is 28.6 Å². The first-order chi connectivity index (χ1) is 17.1. The molecule has 0 saturated heterocycles. The summed E-state index contributed by atoms with van der Waals surface area (Å²) in [7, 11) is 3.10. The van der Waals surface area contributed by atoms with Crippen molar-refractivity contribution in [3.8, 4) is 5.75 Å². The first kappa shape index (κ1) is 26.1. The van der Waals surface area contributed by atoms with Gasteiger partial charge in [-0.3, -0.25) is 4.79 Å². The first-order valence-electron chi connectivity index (χ1n) is 13.1. The number of imidazole rings is 1. The maximum atomic E-state index is 11.8. The largest absolute Gasteiger partial charge is 0.496 e. The van der Waals surface area contributed by atoms with E-state index in [4.69, 9.17) is 14.5 Å². The molecule has 6 heteroatoms. The number of hydrogen-bond acceptors (Lipinski definition) is 5. The van der Waals surface area contributed by atoms with E-state index in [1.54, 1.807) is 7.11 Å². The van der Waals surface area contributed by atoms with E-state index in [1.807, 2.05) is 0 Å². The van der Waals surface area contributed by atoms with Crippen LogP contribution in [0.1, 0.15) is 83.4 Å². The van der Waals surface area contributed by atoms with Crippen LogP contribution in [-0.4, -0.2) is 29.7 Å². The molecule has 0 radical (unpaired) electrons. The van der Waals surface area contributed by atoms with Gasteiger partial charge in [-0.25, -0.2) is 4.98 Å². The Hall–Kier alpha value is -3.02. The highest BCUT2D eigenvalue weighted by atomic mass is 16.5. The fourth-order valence-electron chi connectivity index (χ4n) is 5.92. The zero-order valence-corrected chi connectivity index (χ0v) is 22.9. The van der Waals surface area contributed by atoms with Gasteiger partial charge >= 0.3 is 5.97 Å². The van der Waals surface area contributed by atoms with Crippen molar-refractivity contribution in [2.45, 2.75) is 78.7 Å². The Balaban J connectivity index is 1.79. The Bertz CT molecular complexity index is 1210. The molecule has 194 valence electrons. The van der Waals surface area contributed by atoms with E-state index in [0.29, 0.717) is 30.7 Å². The molecule has 4 rings (SSSR count). The van der Waals surface area contributed by atoms with Crippen LogP contribution in [0.3, 0.4) is 0 Å². The lowest BCUT2D eigenvalue weighted by Crippen LogP contribution is -2.29. The molecule has 1 N–H and O–H groups in total. The highest BCUT2D eigenvalue weighted by Crippen LogP contribution is 2.46. The molecule has 1 heterocycles. The standard InChI is InChI=1S/C30H41N3O3/c1-19(2)21-8-11-23(12-9-21)31-29-32-25-15-22(10-13-28(34)36-7)27(35-6)16-26(25)33(29)24-14-20(3)17-30(4,5)18-24/h8-9,11-12,15-16,19-20,24H,10,13-14,17-18H2,1-7H3,(H,31,32)/t20-,24-/m1/s1. The fourth-order valence-corrected chi connectivity index (χ4v) is 5.92. The van der Waals surface area contributed by atoms with Gasteiger partial charge in [0.25, 0.3) is 0 Å². The molecule has 2 aromatic carbocycles. The summed E-state index contributed by atoms with van der Waals surface area (Å²) >= 11 is 0. The Morgan fingerprint density at radius 3 is 2.50 bits per heavy atom. The van der Waals surface area contributed by atoms with Gasteiger partial charge in [-0.05, 0) is 72.3 Å². The highest BCUT2D eigenvalue weighted by Gasteiger charge is 2.35. The van der Waals surface area contributed by atoms with E-state index in [0.717, 1.165) is 46.8 Å². The molecule has 1 aromatic heterocycles. The summed E-state index contributed by atoms with van der Waals surface area (Å²) in [5, 5.41) is 3.62. The highest BCUT2D eigenvalue weighted by molar-refractivity contribution is 5.83. The normalized spacial score (nSPS) is 19.4. The van der Waals surface area contributed by atoms with Crippen LogP contribution < -0.4 is 10.1 Å². The number of ether oxygens (including phenoxy) is 2. The number of fused-ring (bicyclic) bond motifs is 1. The van der Waals surface area contributed by atoms with Crippen molar-refractivity contribution in [1.29, 1.82) is 0 Å². The van der Waals surface area contributed by atoms with Crippen molar-refractivity contribution in [2.75, 3.05) is 19.5 Å². The maximum Gasteiger partial charge on any atom is 0.305 e.